The highest BCUT2D eigenvalue weighted by molar-refractivity contribution is 7.92. The highest BCUT2D eigenvalue weighted by Gasteiger charge is 2.42. The number of hydrogen-bond donors (Lipinski definition) is 5. The van der Waals surface area contributed by atoms with Gasteiger partial charge in [-0.15, -0.1) is 0 Å². The van der Waals surface area contributed by atoms with Crippen molar-refractivity contribution in [1.29, 1.82) is 0 Å². The number of benzene rings is 1. The van der Waals surface area contributed by atoms with Crippen molar-refractivity contribution in [3.8, 4) is 22.6 Å². The van der Waals surface area contributed by atoms with Gasteiger partial charge in [-0.2, -0.15) is 0 Å². The smallest absolute Gasteiger partial charge is 0.404 e. The molecule has 186 valence electrons. The number of amides is 1. The van der Waals surface area contributed by atoms with E-state index in [9.17, 15) is 13.2 Å². The van der Waals surface area contributed by atoms with Crippen LogP contribution >= 0.6 is 11.6 Å². The zero-order valence-electron chi connectivity index (χ0n) is 19.4. The van der Waals surface area contributed by atoms with Gasteiger partial charge in [0.1, 0.15) is 11.5 Å². The average molecular weight is 520 g/mol. The molecular weight excluding hydrogens is 494 g/mol. The van der Waals surface area contributed by atoms with Crippen molar-refractivity contribution in [3.05, 3.63) is 41.3 Å². The molecule has 1 unspecified atom stereocenters. The van der Waals surface area contributed by atoms with E-state index >= 15 is 0 Å². The lowest BCUT2D eigenvalue weighted by Gasteiger charge is -2.13. The number of aromatic nitrogens is 4. The number of anilines is 2. The van der Waals surface area contributed by atoms with Gasteiger partial charge in [0, 0.05) is 29.8 Å². The van der Waals surface area contributed by atoms with Gasteiger partial charge in [0.2, 0.25) is 16.0 Å². The number of carbonyl (C=O) groups is 1. The summed E-state index contributed by atoms with van der Waals surface area (Å²) in [6, 6.07) is 6.44. The largest absolute Gasteiger partial charge is 0.465 e. The third kappa shape index (κ3) is 5.82. The van der Waals surface area contributed by atoms with Crippen molar-refractivity contribution >= 4 is 39.4 Å². The normalized spacial score (nSPS) is 15.3. The molecule has 1 atom stereocenters. The first kappa shape index (κ1) is 24.7. The second kappa shape index (κ2) is 9.34. The Balaban J connectivity index is 1.73. The van der Waals surface area contributed by atoms with Crippen LogP contribution in [0, 0.1) is 0 Å². The molecule has 1 fully saturated rings. The van der Waals surface area contributed by atoms with Crippen LogP contribution in [0.3, 0.4) is 0 Å². The number of nitrogens with one attached hydrogen (secondary N) is 4. The number of carboxylic acid groups (broad SMARTS) is 1. The highest BCUT2D eigenvalue weighted by Crippen LogP contribution is 2.48. The minimum atomic E-state index is -3.53. The molecule has 1 saturated carbocycles. The van der Waals surface area contributed by atoms with Crippen molar-refractivity contribution in [2.24, 2.45) is 0 Å². The fourth-order valence-corrected chi connectivity index (χ4v) is 4.44. The van der Waals surface area contributed by atoms with Crippen LogP contribution < -0.4 is 15.4 Å². The molecule has 5 N–H and O–H groups in total. The number of aromatic amines is 1. The van der Waals surface area contributed by atoms with Crippen LogP contribution in [-0.2, 0) is 15.4 Å². The summed E-state index contributed by atoms with van der Waals surface area (Å²) >= 11 is 6.63. The van der Waals surface area contributed by atoms with Crippen LogP contribution in [0.4, 0.5) is 16.4 Å². The minimum Gasteiger partial charge on any atom is -0.465 e. The maximum Gasteiger partial charge on any atom is 0.404 e. The Bertz CT molecular complexity index is 1370. The lowest BCUT2D eigenvalue weighted by atomic mass is 10.1. The van der Waals surface area contributed by atoms with Gasteiger partial charge in [-0.3, -0.25) is 4.72 Å². The van der Waals surface area contributed by atoms with E-state index in [0.29, 0.717) is 28.6 Å². The zero-order chi connectivity index (χ0) is 25.4. The Labute approximate surface area is 207 Å². The molecule has 2 aromatic heterocycles. The first-order chi connectivity index (χ1) is 16.4. The van der Waals surface area contributed by atoms with Crippen molar-refractivity contribution in [1.82, 2.24) is 25.3 Å². The van der Waals surface area contributed by atoms with Crippen molar-refractivity contribution in [2.45, 2.75) is 38.1 Å². The Morgan fingerprint density at radius 1 is 1.29 bits per heavy atom. The first-order valence-corrected chi connectivity index (χ1v) is 13.2. The summed E-state index contributed by atoms with van der Waals surface area (Å²) in [6.07, 6.45) is 3.52. The molecule has 0 aliphatic heterocycles. The number of hydrogen-bond acceptors (Lipinski definition) is 7. The molecule has 35 heavy (non-hydrogen) atoms. The Morgan fingerprint density at radius 2 is 2.03 bits per heavy atom. The highest BCUT2D eigenvalue weighted by atomic mass is 35.5. The van der Waals surface area contributed by atoms with Crippen LogP contribution in [-0.4, -0.2) is 58.4 Å². The molecule has 3 aromatic rings. The fourth-order valence-electron chi connectivity index (χ4n) is 3.55. The van der Waals surface area contributed by atoms with E-state index in [-0.39, 0.29) is 28.7 Å². The Kier molecular flexibility index (Phi) is 6.60. The molecule has 2 heterocycles. The third-order valence-electron chi connectivity index (χ3n) is 5.67. The summed E-state index contributed by atoms with van der Waals surface area (Å²) in [7, 11) is -3.53. The topological polar surface area (TPSA) is 162 Å². The van der Waals surface area contributed by atoms with Crippen LogP contribution in [0.5, 0.6) is 0 Å². The second-order valence-electron chi connectivity index (χ2n) is 8.91. The molecule has 11 nitrogen and oxygen atoms in total. The van der Waals surface area contributed by atoms with Gasteiger partial charge < -0.3 is 20.7 Å². The van der Waals surface area contributed by atoms with Crippen LogP contribution in [0.1, 0.15) is 32.5 Å². The van der Waals surface area contributed by atoms with Crippen molar-refractivity contribution in [2.75, 3.05) is 22.8 Å². The minimum absolute atomic E-state index is 0.0753. The van der Waals surface area contributed by atoms with Gasteiger partial charge in [-0.1, -0.05) is 30.7 Å². The van der Waals surface area contributed by atoms with Gasteiger partial charge in [0.15, 0.2) is 0 Å². The Hall–Kier alpha value is -3.38. The van der Waals surface area contributed by atoms with Gasteiger partial charge in [-0.05, 0) is 31.9 Å². The molecule has 1 aliphatic carbocycles. The van der Waals surface area contributed by atoms with Crippen molar-refractivity contribution in [3.63, 3.8) is 0 Å². The molecular formula is C22H26ClN7O4S. The Morgan fingerprint density at radius 3 is 2.69 bits per heavy atom. The third-order valence-corrected chi connectivity index (χ3v) is 6.67. The first-order valence-electron chi connectivity index (χ1n) is 10.9. The van der Waals surface area contributed by atoms with E-state index in [2.05, 4.69) is 37.2 Å². The number of halogens is 1. The molecule has 4 rings (SSSR count). The summed E-state index contributed by atoms with van der Waals surface area (Å²) in [6.45, 7) is 4.13. The van der Waals surface area contributed by atoms with Crippen molar-refractivity contribution < 1.29 is 18.3 Å². The summed E-state index contributed by atoms with van der Waals surface area (Å²) in [4.78, 5) is 27.9. The van der Waals surface area contributed by atoms with Crippen LogP contribution in [0.15, 0.2) is 30.5 Å². The lowest BCUT2D eigenvalue weighted by molar-refractivity contribution is 0.191. The molecule has 1 aromatic carbocycles. The summed E-state index contributed by atoms with van der Waals surface area (Å²) < 4.78 is 26.0. The lowest BCUT2D eigenvalue weighted by Crippen LogP contribution is -2.36. The second-order valence-corrected chi connectivity index (χ2v) is 11.0. The summed E-state index contributed by atoms with van der Waals surface area (Å²) in [5.41, 5.74) is 2.45. The SMILES string of the molecule is CC(CNc1nccc(-c2nc(C3(C)CC3)[nH]c2-c2cccc(NS(C)(=O)=O)c2Cl)n1)NC(=O)O. The zero-order valence-corrected chi connectivity index (χ0v) is 21.0. The van der Waals surface area contributed by atoms with Crippen LogP contribution in [0.25, 0.3) is 22.6 Å². The fraction of sp³-hybridized carbons (Fsp3) is 0.364. The van der Waals surface area contributed by atoms with Gasteiger partial charge in [0.05, 0.1) is 28.4 Å². The number of nitrogens with zero attached hydrogens (tertiary/aromatic N) is 3. The maximum absolute atomic E-state index is 11.8. The van der Waals surface area contributed by atoms with Crippen LogP contribution in [0.2, 0.25) is 5.02 Å². The van der Waals surface area contributed by atoms with Gasteiger partial charge in [-0.25, -0.2) is 28.2 Å². The van der Waals surface area contributed by atoms with E-state index in [1.807, 2.05) is 0 Å². The molecule has 13 heteroatoms. The molecule has 1 amide bonds. The number of rotatable bonds is 9. The van der Waals surface area contributed by atoms with Gasteiger partial charge >= 0.3 is 6.09 Å². The van der Waals surface area contributed by atoms with E-state index in [0.717, 1.165) is 24.9 Å². The predicted octanol–water partition coefficient (Wildman–Crippen LogP) is 3.68. The quantitative estimate of drug-likeness (QED) is 0.286. The van der Waals surface area contributed by atoms with E-state index in [4.69, 9.17) is 21.7 Å². The maximum atomic E-state index is 11.8. The predicted molar refractivity (Wildman–Crippen MR) is 134 cm³/mol. The number of sulfonamides is 1. The molecule has 0 spiro atoms. The average Bonchev–Trinajstić information content (AvgIpc) is 3.36. The van der Waals surface area contributed by atoms with E-state index < -0.39 is 16.1 Å². The molecule has 0 bridgehead atoms. The van der Waals surface area contributed by atoms with E-state index in [1.165, 1.54) is 0 Å². The van der Waals surface area contributed by atoms with E-state index in [1.54, 1.807) is 37.4 Å². The molecule has 1 aliphatic rings. The van der Waals surface area contributed by atoms with Gasteiger partial charge in [0.25, 0.3) is 0 Å². The summed E-state index contributed by atoms with van der Waals surface area (Å²) in [5.74, 6) is 1.11. The standard InChI is InChI=1S/C22H26ClN7O4S/c1-12(26-21(31)32)11-25-20-24-10-7-15(27-20)18-17(28-19(29-18)22(2)8-9-22)13-5-4-6-14(16(13)23)30-35(3,33)34/h4-7,10,12,26,30H,8-9,11H2,1-3H3,(H,28,29)(H,31,32)(H,24,25,27). The summed E-state index contributed by atoms with van der Waals surface area (Å²) in [5, 5.41) is 14.5. The monoisotopic (exact) mass is 519 g/mol. The molecule has 0 radical (unpaired) electrons. The number of imidazole rings is 1. The number of H-pyrrole nitrogens is 1. The molecule has 0 saturated heterocycles.